The van der Waals surface area contributed by atoms with Gasteiger partial charge < -0.3 is 20.6 Å². The van der Waals surface area contributed by atoms with Crippen LogP contribution in [0.2, 0.25) is 0 Å². The summed E-state index contributed by atoms with van der Waals surface area (Å²) in [5, 5.41) is 14.6. The zero-order chi connectivity index (χ0) is 17.4. The van der Waals surface area contributed by atoms with Crippen LogP contribution in [0, 0.1) is 11.8 Å². The summed E-state index contributed by atoms with van der Waals surface area (Å²) in [4.78, 5) is 36.6. The van der Waals surface area contributed by atoms with Crippen LogP contribution in [0.5, 0.6) is 0 Å². The molecule has 0 unspecified atom stereocenters. The van der Waals surface area contributed by atoms with Gasteiger partial charge in [0.25, 0.3) is 0 Å². The van der Waals surface area contributed by atoms with E-state index in [1.807, 2.05) is 4.90 Å². The van der Waals surface area contributed by atoms with Crippen molar-refractivity contribution in [2.24, 2.45) is 11.8 Å². The van der Waals surface area contributed by atoms with Gasteiger partial charge in [-0.2, -0.15) is 0 Å². The average Bonchev–Trinajstić information content (AvgIpc) is 2.60. The van der Waals surface area contributed by atoms with Gasteiger partial charge in [-0.05, 0) is 51.1 Å². The first-order valence-electron chi connectivity index (χ1n) is 9.04. The molecule has 8 heteroatoms. The number of halogens is 1. The Hall–Kier alpha value is -1.34. The fourth-order valence-electron chi connectivity index (χ4n) is 3.48. The molecule has 0 aromatic heterocycles. The van der Waals surface area contributed by atoms with Crippen LogP contribution in [0.1, 0.15) is 44.9 Å². The second kappa shape index (κ2) is 11.3. The third-order valence-corrected chi connectivity index (χ3v) is 5.08. The van der Waals surface area contributed by atoms with E-state index in [0.717, 1.165) is 32.4 Å². The number of hydrogen-bond acceptors (Lipinski definition) is 4. The topological polar surface area (TPSA) is 98.7 Å². The average molecular weight is 376 g/mol. The second-order valence-corrected chi connectivity index (χ2v) is 6.82. The molecule has 2 aliphatic heterocycles. The third-order valence-electron chi connectivity index (χ3n) is 5.08. The Balaban J connectivity index is 0.00000312. The standard InChI is InChI=1S/C17H29N3O4.ClH/c21-15(2-1-13-3-8-18-9-4-13)20-11-6-14(7-12-20)17(24)19-10-5-16(22)23;/h13-14,18H,1-12H2,(H,19,24)(H,22,23);1H. The van der Waals surface area contributed by atoms with Gasteiger partial charge in [0, 0.05) is 32.0 Å². The van der Waals surface area contributed by atoms with Crippen LogP contribution in [0.3, 0.4) is 0 Å². The van der Waals surface area contributed by atoms with Crippen molar-refractivity contribution in [1.82, 2.24) is 15.5 Å². The number of carboxylic acids is 1. The molecule has 2 amide bonds. The molecule has 2 rings (SSSR count). The molecule has 7 nitrogen and oxygen atoms in total. The summed E-state index contributed by atoms with van der Waals surface area (Å²) in [6.07, 6.45) is 5.17. The molecule has 0 aromatic rings. The predicted octanol–water partition coefficient (Wildman–Crippen LogP) is 1.02. The molecule has 2 fully saturated rings. The monoisotopic (exact) mass is 375 g/mol. The van der Waals surface area contributed by atoms with E-state index in [-0.39, 0.29) is 43.1 Å². The lowest BCUT2D eigenvalue weighted by Gasteiger charge is -2.32. The Morgan fingerprint density at radius 3 is 2.28 bits per heavy atom. The number of carbonyl (C=O) groups is 3. The zero-order valence-electron chi connectivity index (χ0n) is 14.7. The lowest BCUT2D eigenvalue weighted by molar-refractivity contribution is -0.138. The van der Waals surface area contributed by atoms with Crippen molar-refractivity contribution in [2.75, 3.05) is 32.7 Å². The van der Waals surface area contributed by atoms with Crippen LogP contribution in [0.15, 0.2) is 0 Å². The third kappa shape index (κ3) is 7.61. The second-order valence-electron chi connectivity index (χ2n) is 6.82. The van der Waals surface area contributed by atoms with Crippen molar-refractivity contribution in [2.45, 2.75) is 44.9 Å². The number of amides is 2. The zero-order valence-corrected chi connectivity index (χ0v) is 15.5. The molecule has 0 aliphatic carbocycles. The van der Waals surface area contributed by atoms with Crippen molar-refractivity contribution in [1.29, 1.82) is 0 Å². The van der Waals surface area contributed by atoms with Crippen LogP contribution in [0.25, 0.3) is 0 Å². The first-order valence-corrected chi connectivity index (χ1v) is 9.04. The highest BCUT2D eigenvalue weighted by Gasteiger charge is 2.27. The highest BCUT2D eigenvalue weighted by Crippen LogP contribution is 2.21. The number of nitrogens with one attached hydrogen (secondary N) is 2. The number of hydrogen-bond donors (Lipinski definition) is 3. The van der Waals surface area contributed by atoms with E-state index in [9.17, 15) is 14.4 Å². The number of likely N-dealkylation sites (tertiary alicyclic amines) is 1. The summed E-state index contributed by atoms with van der Waals surface area (Å²) in [6, 6.07) is 0. The lowest BCUT2D eigenvalue weighted by Crippen LogP contribution is -2.43. The van der Waals surface area contributed by atoms with Crippen molar-refractivity contribution < 1.29 is 19.5 Å². The first kappa shape index (κ1) is 21.7. The maximum atomic E-state index is 12.3. The van der Waals surface area contributed by atoms with Gasteiger partial charge in [-0.3, -0.25) is 14.4 Å². The van der Waals surface area contributed by atoms with Crippen LogP contribution >= 0.6 is 12.4 Å². The molecule has 25 heavy (non-hydrogen) atoms. The van der Waals surface area contributed by atoms with Gasteiger partial charge >= 0.3 is 5.97 Å². The van der Waals surface area contributed by atoms with Gasteiger partial charge in [0.05, 0.1) is 6.42 Å². The van der Waals surface area contributed by atoms with Crippen molar-refractivity contribution >= 4 is 30.2 Å². The van der Waals surface area contributed by atoms with Crippen molar-refractivity contribution in [3.05, 3.63) is 0 Å². The minimum atomic E-state index is -0.913. The molecule has 0 saturated carbocycles. The van der Waals surface area contributed by atoms with E-state index in [1.54, 1.807) is 0 Å². The highest BCUT2D eigenvalue weighted by molar-refractivity contribution is 5.85. The smallest absolute Gasteiger partial charge is 0.305 e. The van der Waals surface area contributed by atoms with Crippen LogP contribution in [0.4, 0.5) is 0 Å². The minimum Gasteiger partial charge on any atom is -0.481 e. The van der Waals surface area contributed by atoms with Crippen molar-refractivity contribution in [3.63, 3.8) is 0 Å². The SMILES string of the molecule is Cl.O=C(O)CCNC(=O)C1CCN(C(=O)CCC2CCNCC2)CC1. The maximum Gasteiger partial charge on any atom is 0.305 e. The Morgan fingerprint density at radius 1 is 1.04 bits per heavy atom. The van der Waals surface area contributed by atoms with Gasteiger partial charge in [0.2, 0.25) is 11.8 Å². The number of aliphatic carboxylic acids is 1. The van der Waals surface area contributed by atoms with Gasteiger partial charge in [-0.1, -0.05) is 0 Å². The summed E-state index contributed by atoms with van der Waals surface area (Å²) < 4.78 is 0. The first-order chi connectivity index (χ1) is 11.6. The van der Waals surface area contributed by atoms with Crippen molar-refractivity contribution in [3.8, 4) is 0 Å². The molecular weight excluding hydrogens is 346 g/mol. The molecule has 0 atom stereocenters. The van der Waals surface area contributed by atoms with E-state index in [4.69, 9.17) is 5.11 Å². The molecule has 0 bridgehead atoms. The summed E-state index contributed by atoms with van der Waals surface area (Å²) in [5.74, 6) is -0.235. The maximum absolute atomic E-state index is 12.3. The molecule has 0 radical (unpaired) electrons. The summed E-state index contributed by atoms with van der Waals surface area (Å²) in [7, 11) is 0. The Morgan fingerprint density at radius 2 is 1.68 bits per heavy atom. The van der Waals surface area contributed by atoms with E-state index in [1.165, 1.54) is 0 Å². The molecule has 3 N–H and O–H groups in total. The summed E-state index contributed by atoms with van der Waals surface area (Å²) >= 11 is 0. The predicted molar refractivity (Wildman–Crippen MR) is 96.6 cm³/mol. The molecule has 2 aliphatic rings. The van der Waals surface area contributed by atoms with Gasteiger partial charge in [0.1, 0.15) is 0 Å². The van der Waals surface area contributed by atoms with Crippen LogP contribution in [-0.2, 0) is 14.4 Å². The molecule has 144 valence electrons. The summed E-state index contributed by atoms with van der Waals surface area (Å²) in [5.41, 5.74) is 0. The molecule has 2 heterocycles. The van der Waals surface area contributed by atoms with Crippen LogP contribution < -0.4 is 10.6 Å². The number of rotatable bonds is 7. The molecular formula is C17H30ClN3O4. The van der Waals surface area contributed by atoms with Gasteiger partial charge in [-0.25, -0.2) is 0 Å². The Kier molecular flexibility index (Phi) is 9.82. The number of carboxylic acid groups (broad SMARTS) is 1. The molecule has 0 spiro atoms. The minimum absolute atomic E-state index is 0. The highest BCUT2D eigenvalue weighted by atomic mass is 35.5. The Labute approximate surface area is 155 Å². The van der Waals surface area contributed by atoms with E-state index in [0.29, 0.717) is 38.3 Å². The van der Waals surface area contributed by atoms with Crippen LogP contribution in [-0.4, -0.2) is 60.5 Å². The Bertz CT molecular complexity index is 447. The van der Waals surface area contributed by atoms with E-state index in [2.05, 4.69) is 10.6 Å². The number of nitrogens with zero attached hydrogens (tertiary/aromatic N) is 1. The van der Waals surface area contributed by atoms with Gasteiger partial charge in [-0.15, -0.1) is 12.4 Å². The lowest BCUT2D eigenvalue weighted by atomic mass is 9.92. The quantitative estimate of drug-likeness (QED) is 0.617. The fraction of sp³-hybridized carbons (Fsp3) is 0.824. The van der Waals surface area contributed by atoms with E-state index >= 15 is 0 Å². The normalized spacial score (nSPS) is 19.1. The fourth-order valence-corrected chi connectivity index (χ4v) is 3.48. The number of carbonyl (C=O) groups excluding carboxylic acids is 2. The number of piperidine rings is 2. The van der Waals surface area contributed by atoms with E-state index < -0.39 is 5.97 Å². The molecule has 0 aromatic carbocycles. The molecule has 2 saturated heterocycles. The largest absolute Gasteiger partial charge is 0.481 e. The van der Waals surface area contributed by atoms with Gasteiger partial charge in [0.15, 0.2) is 0 Å². The summed E-state index contributed by atoms with van der Waals surface area (Å²) in [6.45, 7) is 3.54.